The third-order valence-corrected chi connectivity index (χ3v) is 6.29. The maximum Gasteiger partial charge on any atom is 0.573 e. The van der Waals surface area contributed by atoms with Crippen LogP contribution in [-0.4, -0.2) is 35.8 Å². The third-order valence-electron chi connectivity index (χ3n) is 6.29. The molecule has 0 spiro atoms. The highest BCUT2D eigenvalue weighted by molar-refractivity contribution is 5.89. The molecule has 0 radical (unpaired) electrons. The summed E-state index contributed by atoms with van der Waals surface area (Å²) in [5.41, 5.74) is 8.17. The Hall–Kier alpha value is -2.69. The Balaban J connectivity index is 1.45. The van der Waals surface area contributed by atoms with Crippen molar-refractivity contribution in [3.05, 3.63) is 65.1 Å². The van der Waals surface area contributed by atoms with Crippen molar-refractivity contribution >= 4 is 10.9 Å². The van der Waals surface area contributed by atoms with Gasteiger partial charge in [-0.15, -0.1) is 13.2 Å². The number of hydroxylamine groups is 2. The van der Waals surface area contributed by atoms with Gasteiger partial charge in [-0.2, -0.15) is 5.06 Å². The molecule has 2 aromatic carbocycles. The van der Waals surface area contributed by atoms with Crippen LogP contribution in [0.4, 0.5) is 22.0 Å². The van der Waals surface area contributed by atoms with E-state index < -0.39 is 13.0 Å². The molecule has 2 N–H and O–H groups in total. The zero-order valence-corrected chi connectivity index (χ0v) is 19.2. The molecule has 1 aromatic heterocycles. The number of alkyl halides is 4. The highest BCUT2D eigenvalue weighted by Crippen LogP contribution is 2.35. The van der Waals surface area contributed by atoms with Crippen molar-refractivity contribution < 1.29 is 31.5 Å². The number of halogens is 5. The van der Waals surface area contributed by atoms with E-state index in [0.29, 0.717) is 49.0 Å². The number of benzene rings is 2. The van der Waals surface area contributed by atoms with Gasteiger partial charge in [0.15, 0.2) is 5.75 Å². The molecule has 0 atom stereocenters. The number of nitrogens with two attached hydrogens (primary N) is 1. The molecule has 0 aliphatic carbocycles. The summed E-state index contributed by atoms with van der Waals surface area (Å²) >= 11 is 0. The van der Waals surface area contributed by atoms with Gasteiger partial charge in [0.2, 0.25) is 0 Å². The van der Waals surface area contributed by atoms with Gasteiger partial charge in [-0.25, -0.2) is 4.39 Å². The van der Waals surface area contributed by atoms with Gasteiger partial charge in [-0.1, -0.05) is 24.3 Å². The molecule has 0 bridgehead atoms. The Morgan fingerprint density at radius 1 is 1.09 bits per heavy atom. The summed E-state index contributed by atoms with van der Waals surface area (Å²) < 4.78 is 71.7. The van der Waals surface area contributed by atoms with Crippen LogP contribution in [0.5, 0.6) is 5.75 Å². The molecule has 190 valence electrons. The number of hydrogen-bond donors (Lipinski definition) is 1. The van der Waals surface area contributed by atoms with Crippen molar-refractivity contribution in [1.29, 1.82) is 0 Å². The van der Waals surface area contributed by atoms with Gasteiger partial charge in [0.1, 0.15) is 5.82 Å². The van der Waals surface area contributed by atoms with Crippen LogP contribution in [0.15, 0.2) is 42.6 Å². The van der Waals surface area contributed by atoms with Gasteiger partial charge in [0, 0.05) is 43.3 Å². The molecule has 1 aliphatic heterocycles. The quantitative estimate of drug-likeness (QED) is 0.379. The number of aryl methyl sites for hydroxylation is 1. The summed E-state index contributed by atoms with van der Waals surface area (Å²) in [6, 6.07) is 9.39. The average Bonchev–Trinajstić information content (AvgIpc) is 3.20. The Labute approximate surface area is 200 Å². The normalized spacial score (nSPS) is 15.7. The van der Waals surface area contributed by atoms with E-state index in [4.69, 9.17) is 10.6 Å². The number of para-hydroxylation sites is 1. The molecule has 1 saturated heterocycles. The molecule has 0 amide bonds. The molecule has 5 nitrogen and oxygen atoms in total. The molecule has 3 aromatic rings. The lowest BCUT2D eigenvalue weighted by Gasteiger charge is -2.31. The molecule has 2 heterocycles. The largest absolute Gasteiger partial charge is 0.573 e. The standard InChI is InChI=1S/C25H28F5N3O2/c26-9-2-10-32-15-19(20-3-1-4-23(24(20)32)35-25(28,29)30)16-34-33-11-7-18(8-12-33)21-13-17(14-31)5-6-22(21)27/h1,3-6,13,15,18H,2,7-12,14,16,31H2. The lowest BCUT2D eigenvalue weighted by Crippen LogP contribution is -2.33. The Kier molecular flexibility index (Phi) is 7.93. The van der Waals surface area contributed by atoms with Crippen LogP contribution in [0.2, 0.25) is 0 Å². The van der Waals surface area contributed by atoms with Crippen LogP contribution in [0.3, 0.4) is 0 Å². The number of nitrogens with zero attached hydrogens (tertiary/aromatic N) is 2. The zero-order valence-electron chi connectivity index (χ0n) is 19.2. The summed E-state index contributed by atoms with van der Waals surface area (Å²) in [7, 11) is 0. The summed E-state index contributed by atoms with van der Waals surface area (Å²) in [5.74, 6) is -0.506. The minimum absolute atomic E-state index is 0.0611. The summed E-state index contributed by atoms with van der Waals surface area (Å²) in [5, 5.41) is 2.35. The van der Waals surface area contributed by atoms with Crippen molar-refractivity contribution in [3.63, 3.8) is 0 Å². The molecule has 0 saturated carbocycles. The molecule has 1 fully saturated rings. The van der Waals surface area contributed by atoms with E-state index >= 15 is 0 Å². The number of rotatable bonds is 9. The maximum absolute atomic E-state index is 14.3. The first-order chi connectivity index (χ1) is 16.8. The highest BCUT2D eigenvalue weighted by atomic mass is 19.4. The second-order valence-corrected chi connectivity index (χ2v) is 8.63. The summed E-state index contributed by atoms with van der Waals surface area (Å²) in [6.07, 6.45) is -1.59. The monoisotopic (exact) mass is 497 g/mol. The summed E-state index contributed by atoms with van der Waals surface area (Å²) in [4.78, 5) is 5.96. The molecule has 4 rings (SSSR count). The van der Waals surface area contributed by atoms with Gasteiger partial charge in [0.25, 0.3) is 0 Å². The lowest BCUT2D eigenvalue weighted by molar-refractivity contribution is -0.274. The first-order valence-corrected chi connectivity index (χ1v) is 11.6. The second-order valence-electron chi connectivity index (χ2n) is 8.63. The SMILES string of the molecule is NCc1ccc(F)c(C2CCN(OCc3cn(CCCF)c4c(OC(F)(F)F)cccc34)CC2)c1. The second kappa shape index (κ2) is 10.9. The minimum atomic E-state index is -4.84. The van der Waals surface area contributed by atoms with E-state index in [1.54, 1.807) is 28.0 Å². The number of ether oxygens (including phenoxy) is 1. The van der Waals surface area contributed by atoms with Crippen LogP contribution in [0.25, 0.3) is 10.9 Å². The first kappa shape index (κ1) is 25.4. The van der Waals surface area contributed by atoms with Crippen LogP contribution < -0.4 is 10.5 Å². The Morgan fingerprint density at radius 2 is 1.86 bits per heavy atom. The van der Waals surface area contributed by atoms with Crippen LogP contribution >= 0.6 is 0 Å². The van der Waals surface area contributed by atoms with Gasteiger partial charge in [0.05, 0.1) is 18.8 Å². The molecular weight excluding hydrogens is 469 g/mol. The number of fused-ring (bicyclic) bond motifs is 1. The molecular formula is C25H28F5N3O2. The van der Waals surface area contributed by atoms with Crippen LogP contribution in [0, 0.1) is 5.82 Å². The van der Waals surface area contributed by atoms with E-state index in [-0.39, 0.29) is 42.6 Å². The van der Waals surface area contributed by atoms with E-state index in [1.807, 2.05) is 6.07 Å². The fourth-order valence-corrected chi connectivity index (χ4v) is 4.62. The fourth-order valence-electron chi connectivity index (χ4n) is 4.62. The third kappa shape index (κ3) is 6.12. The number of aromatic nitrogens is 1. The van der Waals surface area contributed by atoms with Crippen molar-refractivity contribution in [2.45, 2.75) is 51.2 Å². The van der Waals surface area contributed by atoms with Crippen molar-refractivity contribution in [2.24, 2.45) is 5.73 Å². The van der Waals surface area contributed by atoms with Gasteiger partial charge in [-0.3, -0.25) is 9.23 Å². The highest BCUT2D eigenvalue weighted by Gasteiger charge is 2.32. The van der Waals surface area contributed by atoms with Crippen molar-refractivity contribution in [3.8, 4) is 5.75 Å². The molecule has 10 heteroatoms. The van der Waals surface area contributed by atoms with E-state index in [1.165, 1.54) is 18.2 Å². The topological polar surface area (TPSA) is 52.6 Å². The van der Waals surface area contributed by atoms with E-state index in [2.05, 4.69) is 4.74 Å². The number of hydrogen-bond acceptors (Lipinski definition) is 4. The average molecular weight is 498 g/mol. The smallest absolute Gasteiger partial charge is 0.404 e. The molecule has 0 unspecified atom stereocenters. The van der Waals surface area contributed by atoms with Crippen LogP contribution in [-0.2, 0) is 24.5 Å². The van der Waals surface area contributed by atoms with E-state index in [0.717, 1.165) is 5.56 Å². The van der Waals surface area contributed by atoms with Gasteiger partial charge < -0.3 is 15.0 Å². The first-order valence-electron chi connectivity index (χ1n) is 11.6. The van der Waals surface area contributed by atoms with E-state index in [9.17, 15) is 22.0 Å². The minimum Gasteiger partial charge on any atom is -0.404 e. The van der Waals surface area contributed by atoms with Crippen molar-refractivity contribution in [1.82, 2.24) is 9.63 Å². The molecule has 1 aliphatic rings. The predicted molar refractivity (Wildman–Crippen MR) is 122 cm³/mol. The fraction of sp³-hybridized carbons (Fsp3) is 0.440. The van der Waals surface area contributed by atoms with Crippen molar-refractivity contribution in [2.75, 3.05) is 19.8 Å². The predicted octanol–water partition coefficient (Wildman–Crippen LogP) is 5.81. The maximum atomic E-state index is 14.3. The zero-order chi connectivity index (χ0) is 25.0. The Morgan fingerprint density at radius 3 is 2.54 bits per heavy atom. The Bertz CT molecular complexity index is 1140. The molecule has 35 heavy (non-hydrogen) atoms. The number of piperidine rings is 1. The lowest BCUT2D eigenvalue weighted by atomic mass is 9.89. The summed E-state index contributed by atoms with van der Waals surface area (Å²) in [6.45, 7) is 1.28. The van der Waals surface area contributed by atoms with Crippen LogP contribution in [0.1, 0.15) is 41.9 Å². The van der Waals surface area contributed by atoms with Gasteiger partial charge >= 0.3 is 6.36 Å². The van der Waals surface area contributed by atoms with Gasteiger partial charge in [-0.05, 0) is 48.4 Å².